The maximum absolute atomic E-state index is 12.8. The maximum Gasteiger partial charge on any atom is 0.292 e. The third-order valence-corrected chi connectivity index (χ3v) is 7.96. The van der Waals surface area contributed by atoms with Crippen molar-refractivity contribution in [3.8, 4) is 10.6 Å². The number of thiophene rings is 1. The lowest BCUT2D eigenvalue weighted by molar-refractivity contribution is 0.0996. The van der Waals surface area contributed by atoms with Crippen molar-refractivity contribution < 1.29 is 9.21 Å². The van der Waals surface area contributed by atoms with Crippen molar-refractivity contribution in [3.63, 3.8) is 0 Å². The summed E-state index contributed by atoms with van der Waals surface area (Å²) in [7, 11) is 0. The first-order chi connectivity index (χ1) is 14.5. The van der Waals surface area contributed by atoms with Gasteiger partial charge < -0.3 is 9.73 Å². The first-order valence-corrected chi connectivity index (χ1v) is 12.2. The topological polar surface area (TPSA) is 58.4 Å². The lowest BCUT2D eigenvalue weighted by Crippen LogP contribution is -2.35. The van der Waals surface area contributed by atoms with Gasteiger partial charge in [-0.25, -0.2) is 4.98 Å². The number of rotatable bonds is 4. The summed E-state index contributed by atoms with van der Waals surface area (Å²) in [6.45, 7) is 6.37. The number of hydrogen-bond donors (Lipinski definition) is 1. The molecule has 0 atom stereocenters. The summed E-state index contributed by atoms with van der Waals surface area (Å²) < 4.78 is 7.14. The zero-order valence-corrected chi connectivity index (χ0v) is 19.8. The molecule has 0 spiro atoms. The number of carbonyl (C=O) groups excluding carboxylic acids is 1. The summed E-state index contributed by atoms with van der Waals surface area (Å²) in [4.78, 5) is 21.5. The summed E-state index contributed by atoms with van der Waals surface area (Å²) in [6, 6.07) is 12.1. The quantitative estimate of drug-likeness (QED) is 0.351. The summed E-state index contributed by atoms with van der Waals surface area (Å²) >= 11 is 6.60. The minimum absolute atomic E-state index is 0.248. The lowest BCUT2D eigenvalue weighted by atomic mass is 10.0. The average Bonchev–Trinajstić information content (AvgIpc) is 3.42. The number of furan rings is 1. The maximum atomic E-state index is 12.8. The van der Waals surface area contributed by atoms with E-state index in [1.54, 1.807) is 34.8 Å². The number of aromatic nitrogens is 1. The molecule has 154 valence electrons. The molecule has 5 nitrogen and oxygen atoms in total. The fourth-order valence-corrected chi connectivity index (χ4v) is 6.44. The largest absolute Gasteiger partial charge is 0.444 e. The molecule has 0 unspecified atom stereocenters. The van der Waals surface area contributed by atoms with Gasteiger partial charge in [0.1, 0.15) is 10.0 Å². The van der Waals surface area contributed by atoms with Gasteiger partial charge >= 0.3 is 0 Å². The Morgan fingerprint density at radius 3 is 2.80 bits per heavy atom. The number of fused-ring (bicyclic) bond motifs is 2. The number of halogens is 1. The highest BCUT2D eigenvalue weighted by Gasteiger charge is 2.29. The standard InChI is InChI=1S/C22H20BrN3O2S2/c1-12(2)26-10-9-13-17(11-26)30-22(25-20(27)15-7-8-18(23)28-15)19(13)21-24-14-5-3-4-6-16(14)29-21/h3-8,12H,9-11H2,1-2H3,(H,25,27). The van der Waals surface area contributed by atoms with Gasteiger partial charge in [0.25, 0.3) is 5.91 Å². The van der Waals surface area contributed by atoms with Gasteiger partial charge in [-0.2, -0.15) is 0 Å². The van der Waals surface area contributed by atoms with E-state index in [4.69, 9.17) is 9.40 Å². The molecule has 4 heterocycles. The number of para-hydroxylation sites is 1. The van der Waals surface area contributed by atoms with Crippen LogP contribution in [0.25, 0.3) is 20.8 Å². The lowest BCUT2D eigenvalue weighted by Gasteiger charge is -2.30. The van der Waals surface area contributed by atoms with Crippen LogP contribution in [-0.4, -0.2) is 28.4 Å². The molecule has 1 amide bonds. The number of benzene rings is 1. The Bertz CT molecular complexity index is 1210. The molecule has 0 aliphatic carbocycles. The normalized spacial score (nSPS) is 14.4. The molecule has 0 fully saturated rings. The van der Waals surface area contributed by atoms with Crippen molar-refractivity contribution in [2.45, 2.75) is 32.9 Å². The second-order valence-electron chi connectivity index (χ2n) is 7.57. The van der Waals surface area contributed by atoms with Gasteiger partial charge in [-0.05, 0) is 66.0 Å². The van der Waals surface area contributed by atoms with Crippen LogP contribution in [0.4, 0.5) is 5.00 Å². The molecule has 1 aliphatic heterocycles. The molecule has 0 bridgehead atoms. The first kappa shape index (κ1) is 19.9. The van der Waals surface area contributed by atoms with Crippen LogP contribution in [0, 0.1) is 0 Å². The molecular formula is C22H20BrN3O2S2. The predicted octanol–water partition coefficient (Wildman–Crippen LogP) is 6.40. The third kappa shape index (κ3) is 3.62. The van der Waals surface area contributed by atoms with E-state index in [1.165, 1.54) is 10.4 Å². The third-order valence-electron chi connectivity index (χ3n) is 5.35. The number of amides is 1. The molecule has 30 heavy (non-hydrogen) atoms. The summed E-state index contributed by atoms with van der Waals surface area (Å²) in [6.07, 6.45) is 0.956. The van der Waals surface area contributed by atoms with Crippen LogP contribution in [0.3, 0.4) is 0 Å². The Morgan fingerprint density at radius 2 is 2.07 bits per heavy atom. The van der Waals surface area contributed by atoms with Crippen LogP contribution in [-0.2, 0) is 13.0 Å². The van der Waals surface area contributed by atoms with Gasteiger partial charge in [-0.1, -0.05) is 12.1 Å². The second-order valence-corrected chi connectivity index (χ2v) is 10.5. The minimum Gasteiger partial charge on any atom is -0.444 e. The van der Waals surface area contributed by atoms with Crippen molar-refractivity contribution in [2.24, 2.45) is 0 Å². The molecule has 0 saturated heterocycles. The Morgan fingerprint density at radius 1 is 1.23 bits per heavy atom. The van der Waals surface area contributed by atoms with Crippen LogP contribution in [0.2, 0.25) is 0 Å². The molecule has 1 N–H and O–H groups in total. The number of anilines is 1. The Hall–Kier alpha value is -2.00. The van der Waals surface area contributed by atoms with E-state index in [0.717, 1.165) is 45.3 Å². The second kappa shape index (κ2) is 7.92. The van der Waals surface area contributed by atoms with Crippen LogP contribution >= 0.6 is 38.6 Å². The SMILES string of the molecule is CC(C)N1CCc2c(sc(NC(=O)c3ccc(Br)o3)c2-c2nc3ccccc3s2)C1. The molecule has 3 aromatic heterocycles. The average molecular weight is 502 g/mol. The predicted molar refractivity (Wildman–Crippen MR) is 127 cm³/mol. The fourth-order valence-electron chi connectivity index (χ4n) is 3.76. The number of carbonyl (C=O) groups is 1. The van der Waals surface area contributed by atoms with E-state index in [-0.39, 0.29) is 11.7 Å². The number of thiazole rings is 1. The highest BCUT2D eigenvalue weighted by atomic mass is 79.9. The summed E-state index contributed by atoms with van der Waals surface area (Å²) in [5.41, 5.74) is 3.37. The van der Waals surface area contributed by atoms with Gasteiger partial charge in [-0.15, -0.1) is 22.7 Å². The molecule has 1 aliphatic rings. The number of hydrogen-bond acceptors (Lipinski definition) is 6. The van der Waals surface area contributed by atoms with Crippen LogP contribution in [0.1, 0.15) is 34.8 Å². The van der Waals surface area contributed by atoms with E-state index in [9.17, 15) is 4.79 Å². The molecule has 8 heteroatoms. The van der Waals surface area contributed by atoms with Crippen molar-refractivity contribution in [1.29, 1.82) is 0 Å². The van der Waals surface area contributed by atoms with Crippen molar-refractivity contribution in [2.75, 3.05) is 11.9 Å². The molecule has 1 aromatic carbocycles. The zero-order valence-electron chi connectivity index (χ0n) is 16.6. The molecular weight excluding hydrogens is 482 g/mol. The smallest absolute Gasteiger partial charge is 0.292 e. The van der Waals surface area contributed by atoms with Crippen LogP contribution in [0.5, 0.6) is 0 Å². The van der Waals surface area contributed by atoms with Crippen LogP contribution < -0.4 is 5.32 Å². The molecule has 4 aromatic rings. The first-order valence-electron chi connectivity index (χ1n) is 9.81. The van der Waals surface area contributed by atoms with Gasteiger partial charge in [0.2, 0.25) is 0 Å². The number of nitrogens with one attached hydrogen (secondary N) is 1. The van der Waals surface area contributed by atoms with E-state index in [2.05, 4.69) is 46.1 Å². The fraction of sp³-hybridized carbons (Fsp3) is 0.273. The Labute approximate surface area is 190 Å². The van der Waals surface area contributed by atoms with Crippen molar-refractivity contribution in [1.82, 2.24) is 9.88 Å². The van der Waals surface area contributed by atoms with Gasteiger partial charge in [0.15, 0.2) is 10.4 Å². The van der Waals surface area contributed by atoms with Crippen LogP contribution in [0.15, 0.2) is 45.5 Å². The van der Waals surface area contributed by atoms with E-state index in [0.29, 0.717) is 10.7 Å². The Kier molecular flexibility index (Phi) is 5.26. The highest BCUT2D eigenvalue weighted by Crippen LogP contribution is 2.46. The molecule has 0 saturated carbocycles. The zero-order chi connectivity index (χ0) is 20.8. The summed E-state index contributed by atoms with van der Waals surface area (Å²) in [5, 5.41) is 4.91. The molecule has 5 rings (SSSR count). The monoisotopic (exact) mass is 501 g/mol. The van der Waals surface area contributed by atoms with Crippen molar-refractivity contribution >= 4 is 59.7 Å². The summed E-state index contributed by atoms with van der Waals surface area (Å²) in [5.74, 6) is 0.0367. The van der Waals surface area contributed by atoms with E-state index < -0.39 is 0 Å². The van der Waals surface area contributed by atoms with E-state index >= 15 is 0 Å². The van der Waals surface area contributed by atoms with Gasteiger partial charge in [-0.3, -0.25) is 9.69 Å². The van der Waals surface area contributed by atoms with Crippen molar-refractivity contribution in [3.05, 3.63) is 57.3 Å². The van der Waals surface area contributed by atoms with Gasteiger partial charge in [0.05, 0.1) is 10.2 Å². The Balaban J connectivity index is 1.59. The van der Waals surface area contributed by atoms with E-state index in [1.807, 2.05) is 18.2 Å². The van der Waals surface area contributed by atoms with Gasteiger partial charge in [0, 0.05) is 29.6 Å². The number of nitrogens with zero attached hydrogens (tertiary/aromatic N) is 2. The molecule has 0 radical (unpaired) electrons. The highest BCUT2D eigenvalue weighted by molar-refractivity contribution is 9.10. The minimum atomic E-state index is -0.248.